The third-order valence-corrected chi connectivity index (χ3v) is 7.23. The van der Waals surface area contributed by atoms with Gasteiger partial charge in [-0.2, -0.15) is 18.3 Å². The number of amides is 1. The molecule has 1 amide bonds. The summed E-state index contributed by atoms with van der Waals surface area (Å²) in [5.41, 5.74) is 1.08. The Morgan fingerprint density at radius 3 is 2.68 bits per heavy atom. The molecule has 1 saturated heterocycles. The molecule has 2 aromatic rings. The van der Waals surface area contributed by atoms with Crippen LogP contribution in [0.2, 0.25) is 0 Å². The molecule has 182 valence electrons. The second-order valence-corrected chi connectivity index (χ2v) is 10.6. The predicted molar refractivity (Wildman–Crippen MR) is 116 cm³/mol. The predicted octanol–water partition coefficient (Wildman–Crippen LogP) is 2.42. The van der Waals surface area contributed by atoms with Crippen molar-refractivity contribution < 1.29 is 32.1 Å². The molecule has 8 nitrogen and oxygen atoms in total. The number of ether oxygens (including phenoxy) is 1. The van der Waals surface area contributed by atoms with Crippen LogP contribution in [-0.4, -0.2) is 56.0 Å². The first-order valence-electron chi connectivity index (χ1n) is 10.6. The molecule has 0 radical (unpaired) electrons. The lowest BCUT2D eigenvalue weighted by atomic mass is 9.84. The summed E-state index contributed by atoms with van der Waals surface area (Å²) in [5.74, 6) is -0.151. The van der Waals surface area contributed by atoms with Crippen molar-refractivity contribution >= 4 is 22.8 Å². The number of alkyl halides is 3. The minimum atomic E-state index is -4.54. The molecule has 12 heteroatoms. The van der Waals surface area contributed by atoms with Crippen LogP contribution in [0.25, 0.3) is 0 Å². The van der Waals surface area contributed by atoms with E-state index in [9.17, 15) is 22.5 Å². The fraction of sp³-hybridized carbons (Fsp3) is 0.500. The summed E-state index contributed by atoms with van der Waals surface area (Å²) < 4.78 is 57.8. The Balaban J connectivity index is 1.31. The average Bonchev–Trinajstić information content (AvgIpc) is 3.41. The number of carbonyl (C=O) groups is 1. The molecule has 3 aliphatic heterocycles. The van der Waals surface area contributed by atoms with Gasteiger partial charge in [-0.25, -0.2) is 0 Å². The van der Waals surface area contributed by atoms with Crippen molar-refractivity contribution in [1.82, 2.24) is 14.7 Å². The highest BCUT2D eigenvalue weighted by atomic mass is 32.2. The SMILES string of the molecule is Cn1nc(C(F)(F)F)cc1C1(C)CC(c2ccc3c(c2)COC32CN(C(=O)C[S+](C)[O-])C2)=NO1. The lowest BCUT2D eigenvalue weighted by Crippen LogP contribution is -2.62. The quantitative estimate of drug-likeness (QED) is 0.607. The molecule has 0 bridgehead atoms. The normalized spacial score (nSPS) is 24.0. The van der Waals surface area contributed by atoms with Crippen LogP contribution < -0.4 is 0 Å². The van der Waals surface area contributed by atoms with E-state index in [0.29, 0.717) is 25.4 Å². The lowest BCUT2D eigenvalue weighted by molar-refractivity contribution is -0.166. The van der Waals surface area contributed by atoms with Crippen molar-refractivity contribution in [2.45, 2.75) is 37.3 Å². The highest BCUT2D eigenvalue weighted by molar-refractivity contribution is 7.91. The Bertz CT molecular complexity index is 1190. The molecule has 1 spiro atoms. The van der Waals surface area contributed by atoms with Crippen LogP contribution in [0.3, 0.4) is 0 Å². The van der Waals surface area contributed by atoms with Gasteiger partial charge in [-0.1, -0.05) is 17.3 Å². The van der Waals surface area contributed by atoms with Gasteiger partial charge in [-0.05, 0) is 46.9 Å². The van der Waals surface area contributed by atoms with Crippen LogP contribution in [0.5, 0.6) is 0 Å². The van der Waals surface area contributed by atoms with Crippen molar-refractivity contribution in [3.63, 3.8) is 0 Å². The molecule has 0 aliphatic carbocycles. The van der Waals surface area contributed by atoms with E-state index < -0.39 is 34.2 Å². The summed E-state index contributed by atoms with van der Waals surface area (Å²) in [5, 5.41) is 7.76. The Morgan fingerprint density at radius 2 is 2.03 bits per heavy atom. The van der Waals surface area contributed by atoms with Crippen molar-refractivity contribution in [3.8, 4) is 0 Å². The molecule has 4 heterocycles. The van der Waals surface area contributed by atoms with Crippen LogP contribution in [0.15, 0.2) is 29.4 Å². The first-order chi connectivity index (χ1) is 15.9. The number of carbonyl (C=O) groups excluding carboxylic acids is 1. The fourth-order valence-electron chi connectivity index (χ4n) is 4.84. The van der Waals surface area contributed by atoms with Gasteiger partial charge in [-0.15, -0.1) is 0 Å². The van der Waals surface area contributed by atoms with E-state index in [4.69, 9.17) is 9.57 Å². The summed E-state index contributed by atoms with van der Waals surface area (Å²) >= 11 is -1.19. The van der Waals surface area contributed by atoms with Gasteiger partial charge in [0.25, 0.3) is 5.91 Å². The zero-order valence-electron chi connectivity index (χ0n) is 18.8. The zero-order valence-corrected chi connectivity index (χ0v) is 19.6. The van der Waals surface area contributed by atoms with Gasteiger partial charge < -0.3 is 19.0 Å². The maximum atomic E-state index is 13.1. The second kappa shape index (κ2) is 7.72. The second-order valence-electron chi connectivity index (χ2n) is 9.20. The zero-order chi connectivity index (χ0) is 24.5. The number of rotatable bonds is 4. The number of nitrogens with zero attached hydrogens (tertiary/aromatic N) is 4. The van der Waals surface area contributed by atoms with Crippen LogP contribution in [0.4, 0.5) is 13.2 Å². The molecule has 2 unspecified atom stereocenters. The fourth-order valence-corrected chi connectivity index (χ4v) is 5.37. The van der Waals surface area contributed by atoms with E-state index in [1.807, 2.05) is 18.2 Å². The van der Waals surface area contributed by atoms with E-state index in [2.05, 4.69) is 10.3 Å². The minimum absolute atomic E-state index is 0.00158. The number of hydrogen-bond donors (Lipinski definition) is 0. The maximum absolute atomic E-state index is 13.1. The van der Waals surface area contributed by atoms with Crippen molar-refractivity contribution in [1.29, 1.82) is 0 Å². The van der Waals surface area contributed by atoms with Crippen LogP contribution >= 0.6 is 0 Å². The maximum Gasteiger partial charge on any atom is 0.435 e. The first-order valence-corrected chi connectivity index (χ1v) is 12.4. The number of benzene rings is 1. The number of fused-ring (bicyclic) bond motifs is 2. The molecule has 34 heavy (non-hydrogen) atoms. The third kappa shape index (κ3) is 3.77. The Labute approximate surface area is 196 Å². The smallest absolute Gasteiger partial charge is 0.435 e. The van der Waals surface area contributed by atoms with Crippen LogP contribution in [-0.2, 0) is 56.6 Å². The molecule has 0 N–H and O–H groups in total. The third-order valence-electron chi connectivity index (χ3n) is 6.58. The lowest BCUT2D eigenvalue weighted by Gasteiger charge is -2.47. The van der Waals surface area contributed by atoms with Crippen molar-refractivity contribution in [2.75, 3.05) is 25.1 Å². The molecular weight excluding hydrogens is 473 g/mol. The van der Waals surface area contributed by atoms with E-state index in [1.54, 1.807) is 11.8 Å². The van der Waals surface area contributed by atoms with Gasteiger partial charge in [0.1, 0.15) is 5.60 Å². The molecule has 2 atom stereocenters. The van der Waals surface area contributed by atoms with Gasteiger partial charge in [0.15, 0.2) is 17.0 Å². The summed E-state index contributed by atoms with van der Waals surface area (Å²) in [6.07, 6.45) is -2.76. The molecule has 0 saturated carbocycles. The highest BCUT2D eigenvalue weighted by Gasteiger charge is 2.52. The number of aromatic nitrogens is 2. The van der Waals surface area contributed by atoms with E-state index in [-0.39, 0.29) is 23.8 Å². The van der Waals surface area contributed by atoms with Crippen molar-refractivity contribution in [3.05, 3.63) is 52.3 Å². The summed E-state index contributed by atoms with van der Waals surface area (Å²) in [6.45, 7) is 2.90. The van der Waals surface area contributed by atoms with Gasteiger partial charge in [0.2, 0.25) is 0 Å². The van der Waals surface area contributed by atoms with E-state index in [0.717, 1.165) is 22.8 Å². The van der Waals surface area contributed by atoms with Gasteiger partial charge in [-0.3, -0.25) is 9.48 Å². The number of halogens is 3. The van der Waals surface area contributed by atoms with Gasteiger partial charge in [0, 0.05) is 13.5 Å². The number of likely N-dealkylation sites (tertiary alicyclic amines) is 1. The first kappa shape index (κ1) is 23.2. The minimum Gasteiger partial charge on any atom is -0.616 e. The molecule has 1 fully saturated rings. The summed E-state index contributed by atoms with van der Waals surface area (Å²) in [6, 6.07) is 6.78. The molecule has 1 aromatic heterocycles. The Hall–Kier alpha value is -2.57. The Kier molecular flexibility index (Phi) is 5.26. The van der Waals surface area contributed by atoms with Crippen LogP contribution in [0, 0.1) is 0 Å². The highest BCUT2D eigenvalue weighted by Crippen LogP contribution is 2.45. The standard InChI is InChI=1S/C22H23F3N4O4S/c1-20(18-7-17(22(23,24)25)26-28(18)2)8-16(27-33-20)13-4-5-15-14(6-13)9-32-21(15)11-29(12-21)19(30)10-34(3)31/h4-7H,8-12H2,1-3H3. The number of hydrogen-bond acceptors (Lipinski definition) is 6. The number of aryl methyl sites for hydroxylation is 1. The monoisotopic (exact) mass is 496 g/mol. The van der Waals surface area contributed by atoms with Gasteiger partial charge >= 0.3 is 6.18 Å². The average molecular weight is 497 g/mol. The molecule has 1 aromatic carbocycles. The van der Waals surface area contributed by atoms with Crippen molar-refractivity contribution in [2.24, 2.45) is 12.2 Å². The van der Waals surface area contributed by atoms with E-state index >= 15 is 0 Å². The summed E-state index contributed by atoms with van der Waals surface area (Å²) in [4.78, 5) is 19.4. The number of oxime groups is 1. The molecular formula is C22H23F3N4O4S. The summed E-state index contributed by atoms with van der Waals surface area (Å²) in [7, 11) is 1.45. The topological polar surface area (TPSA) is 92.0 Å². The Morgan fingerprint density at radius 1 is 1.29 bits per heavy atom. The largest absolute Gasteiger partial charge is 0.616 e. The van der Waals surface area contributed by atoms with E-state index in [1.165, 1.54) is 18.0 Å². The molecule has 3 aliphatic rings. The van der Waals surface area contributed by atoms with Gasteiger partial charge in [0.05, 0.1) is 37.4 Å². The van der Waals surface area contributed by atoms with Crippen LogP contribution in [0.1, 0.15) is 41.4 Å². The molecule has 5 rings (SSSR count).